The van der Waals surface area contributed by atoms with Gasteiger partial charge in [0.1, 0.15) is 5.75 Å². The van der Waals surface area contributed by atoms with E-state index in [4.69, 9.17) is 10.5 Å². The molecule has 0 heterocycles. The van der Waals surface area contributed by atoms with Crippen LogP contribution in [0.5, 0.6) is 5.75 Å². The quantitative estimate of drug-likeness (QED) is 0.876. The largest absolute Gasteiger partial charge is 0.497 e. The fourth-order valence-electron chi connectivity index (χ4n) is 1.69. The second-order valence-electron chi connectivity index (χ2n) is 5.85. The Labute approximate surface area is 115 Å². The lowest BCUT2D eigenvalue weighted by Gasteiger charge is -2.27. The minimum Gasteiger partial charge on any atom is -0.497 e. The number of benzene rings is 1. The second kappa shape index (κ2) is 6.06. The summed E-state index contributed by atoms with van der Waals surface area (Å²) < 4.78 is 5.17. The lowest BCUT2D eigenvalue weighted by atomic mass is 9.86. The maximum atomic E-state index is 12.1. The normalized spacial score (nSPS) is 14.6. The van der Waals surface area contributed by atoms with E-state index in [1.54, 1.807) is 7.11 Å². The van der Waals surface area contributed by atoms with Crippen LogP contribution in [0.4, 0.5) is 0 Å². The molecule has 4 nitrogen and oxygen atoms in total. The first-order valence-corrected chi connectivity index (χ1v) is 6.45. The molecule has 1 aromatic carbocycles. The zero-order valence-corrected chi connectivity index (χ0v) is 12.4. The number of hydrogen-bond acceptors (Lipinski definition) is 3. The third kappa shape index (κ3) is 4.24. The molecule has 0 aromatic heterocycles. The molecule has 0 saturated carbocycles. The Balaban J connectivity index is 2.74. The molecule has 0 bridgehead atoms. The van der Waals surface area contributed by atoms with Crippen molar-refractivity contribution in [2.75, 3.05) is 7.11 Å². The fraction of sp³-hybridized carbons (Fsp3) is 0.533. The van der Waals surface area contributed by atoms with Crippen molar-refractivity contribution in [3.05, 3.63) is 29.8 Å². The first-order chi connectivity index (χ1) is 8.75. The van der Waals surface area contributed by atoms with E-state index in [9.17, 15) is 4.79 Å². The van der Waals surface area contributed by atoms with E-state index in [1.165, 1.54) is 0 Å². The Hall–Kier alpha value is -1.55. The van der Waals surface area contributed by atoms with E-state index < -0.39 is 6.04 Å². The van der Waals surface area contributed by atoms with Gasteiger partial charge in [-0.3, -0.25) is 4.79 Å². The summed E-state index contributed by atoms with van der Waals surface area (Å²) in [6, 6.07) is 7.01. The number of rotatable bonds is 4. The second-order valence-corrected chi connectivity index (χ2v) is 5.85. The minimum absolute atomic E-state index is 0.101. The number of carbonyl (C=O) groups excluding carboxylic acids is 1. The van der Waals surface area contributed by atoms with Crippen molar-refractivity contribution in [1.29, 1.82) is 0 Å². The number of methoxy groups -OCH3 is 1. The van der Waals surface area contributed by atoms with Crippen LogP contribution in [0.1, 0.15) is 39.3 Å². The highest BCUT2D eigenvalue weighted by Gasteiger charge is 2.28. The lowest BCUT2D eigenvalue weighted by molar-refractivity contribution is -0.125. The SMILES string of the molecule is COc1cccc(C(C)NC(=O)[C@H](N)C(C)(C)C)c1. The zero-order chi connectivity index (χ0) is 14.6. The lowest BCUT2D eigenvalue weighted by Crippen LogP contribution is -2.49. The molecule has 0 aliphatic carbocycles. The van der Waals surface area contributed by atoms with Crippen LogP contribution in [0.3, 0.4) is 0 Å². The standard InChI is InChI=1S/C15H24N2O2/c1-10(11-7-6-8-12(9-11)19-5)17-14(18)13(16)15(2,3)4/h6-10,13H,16H2,1-5H3,(H,17,18)/t10?,13-/m0/s1. The van der Waals surface area contributed by atoms with Crippen molar-refractivity contribution in [3.63, 3.8) is 0 Å². The first-order valence-electron chi connectivity index (χ1n) is 6.45. The fourth-order valence-corrected chi connectivity index (χ4v) is 1.69. The minimum atomic E-state index is -0.527. The number of amides is 1. The van der Waals surface area contributed by atoms with Gasteiger partial charge in [0.15, 0.2) is 0 Å². The molecule has 1 rings (SSSR count). The van der Waals surface area contributed by atoms with E-state index in [0.29, 0.717) is 0 Å². The Bertz CT molecular complexity index is 438. The average Bonchev–Trinajstić information content (AvgIpc) is 2.36. The van der Waals surface area contributed by atoms with Crippen molar-refractivity contribution in [2.24, 2.45) is 11.1 Å². The van der Waals surface area contributed by atoms with E-state index >= 15 is 0 Å². The Kier molecular flexibility index (Phi) is 4.95. The van der Waals surface area contributed by atoms with Crippen molar-refractivity contribution in [2.45, 2.75) is 39.8 Å². The molecule has 0 radical (unpaired) electrons. The third-order valence-corrected chi connectivity index (χ3v) is 3.17. The van der Waals surface area contributed by atoms with Crippen LogP contribution in [0.25, 0.3) is 0 Å². The summed E-state index contributed by atoms with van der Waals surface area (Å²) in [4.78, 5) is 12.1. The molecule has 4 heteroatoms. The number of ether oxygens (including phenoxy) is 1. The van der Waals surface area contributed by atoms with Crippen molar-refractivity contribution < 1.29 is 9.53 Å². The molecule has 1 aromatic rings. The summed E-state index contributed by atoms with van der Waals surface area (Å²) in [7, 11) is 1.62. The van der Waals surface area contributed by atoms with E-state index in [-0.39, 0.29) is 17.4 Å². The summed E-state index contributed by atoms with van der Waals surface area (Å²) in [5, 5.41) is 2.93. The predicted molar refractivity (Wildman–Crippen MR) is 77.0 cm³/mol. The first kappa shape index (κ1) is 15.5. The average molecular weight is 264 g/mol. The maximum absolute atomic E-state index is 12.1. The summed E-state index contributed by atoms with van der Waals surface area (Å²) in [6.45, 7) is 7.79. The zero-order valence-electron chi connectivity index (χ0n) is 12.4. The van der Waals surface area contributed by atoms with Gasteiger partial charge < -0.3 is 15.8 Å². The van der Waals surface area contributed by atoms with Crippen LogP contribution in [-0.4, -0.2) is 19.1 Å². The highest BCUT2D eigenvalue weighted by atomic mass is 16.5. The molecular formula is C15H24N2O2. The molecule has 106 valence electrons. The third-order valence-electron chi connectivity index (χ3n) is 3.17. The van der Waals surface area contributed by atoms with Gasteiger partial charge in [-0.1, -0.05) is 32.9 Å². The van der Waals surface area contributed by atoms with Gasteiger partial charge in [0.25, 0.3) is 0 Å². The smallest absolute Gasteiger partial charge is 0.237 e. The van der Waals surface area contributed by atoms with E-state index in [1.807, 2.05) is 52.0 Å². The van der Waals surface area contributed by atoms with Gasteiger partial charge in [0.05, 0.1) is 19.2 Å². The molecule has 2 atom stereocenters. The Morgan fingerprint density at radius 1 is 1.37 bits per heavy atom. The summed E-state index contributed by atoms with van der Waals surface area (Å²) in [5.41, 5.74) is 6.68. The van der Waals surface area contributed by atoms with Crippen LogP contribution in [-0.2, 0) is 4.79 Å². The molecule has 1 amide bonds. The van der Waals surface area contributed by atoms with Crippen molar-refractivity contribution in [3.8, 4) is 5.75 Å². The van der Waals surface area contributed by atoms with Crippen LogP contribution in [0, 0.1) is 5.41 Å². The van der Waals surface area contributed by atoms with Gasteiger partial charge in [0.2, 0.25) is 5.91 Å². The van der Waals surface area contributed by atoms with Crippen LogP contribution < -0.4 is 15.8 Å². The van der Waals surface area contributed by atoms with E-state index in [0.717, 1.165) is 11.3 Å². The monoisotopic (exact) mass is 264 g/mol. The summed E-state index contributed by atoms with van der Waals surface area (Å²) in [5.74, 6) is 0.640. The van der Waals surface area contributed by atoms with Crippen molar-refractivity contribution in [1.82, 2.24) is 5.32 Å². The molecule has 0 aliphatic heterocycles. The Morgan fingerprint density at radius 2 is 2.00 bits per heavy atom. The van der Waals surface area contributed by atoms with E-state index in [2.05, 4.69) is 5.32 Å². The highest BCUT2D eigenvalue weighted by Crippen LogP contribution is 2.21. The summed E-state index contributed by atoms with van der Waals surface area (Å²) >= 11 is 0. The van der Waals surface area contributed by atoms with Crippen molar-refractivity contribution >= 4 is 5.91 Å². The molecular weight excluding hydrogens is 240 g/mol. The number of nitrogens with two attached hydrogens (primary N) is 1. The number of nitrogens with one attached hydrogen (secondary N) is 1. The maximum Gasteiger partial charge on any atom is 0.237 e. The van der Waals surface area contributed by atoms with Gasteiger partial charge in [-0.15, -0.1) is 0 Å². The molecule has 19 heavy (non-hydrogen) atoms. The Morgan fingerprint density at radius 3 is 2.53 bits per heavy atom. The number of carbonyl (C=O) groups is 1. The van der Waals surface area contributed by atoms with Crippen LogP contribution in [0.2, 0.25) is 0 Å². The van der Waals surface area contributed by atoms with Gasteiger partial charge in [-0.25, -0.2) is 0 Å². The van der Waals surface area contributed by atoms with Gasteiger partial charge >= 0.3 is 0 Å². The molecule has 0 spiro atoms. The molecule has 1 unspecified atom stereocenters. The predicted octanol–water partition coefficient (Wildman–Crippen LogP) is 2.25. The molecule has 0 fully saturated rings. The van der Waals surface area contributed by atoms with Crippen LogP contribution in [0.15, 0.2) is 24.3 Å². The van der Waals surface area contributed by atoms with Gasteiger partial charge in [-0.05, 0) is 30.0 Å². The van der Waals surface area contributed by atoms with Gasteiger partial charge in [0, 0.05) is 0 Å². The molecule has 3 N–H and O–H groups in total. The molecule has 0 saturated heterocycles. The molecule has 0 aliphatic rings. The highest BCUT2D eigenvalue weighted by molar-refractivity contribution is 5.82. The summed E-state index contributed by atoms with van der Waals surface area (Å²) in [6.07, 6.45) is 0. The van der Waals surface area contributed by atoms with Gasteiger partial charge in [-0.2, -0.15) is 0 Å². The van der Waals surface area contributed by atoms with Crippen LogP contribution >= 0.6 is 0 Å². The number of hydrogen-bond donors (Lipinski definition) is 2. The topological polar surface area (TPSA) is 64.3 Å².